The van der Waals surface area contributed by atoms with E-state index in [1.54, 1.807) is 19.1 Å². The van der Waals surface area contributed by atoms with E-state index >= 15 is 0 Å². The Morgan fingerprint density at radius 3 is 2.41 bits per heavy atom. The van der Waals surface area contributed by atoms with Crippen LogP contribution < -0.4 is 0 Å². The lowest BCUT2D eigenvalue weighted by molar-refractivity contribution is 0.364. The Balaban J connectivity index is 0.00000162. The zero-order valence-corrected chi connectivity index (χ0v) is 10.2. The van der Waals surface area contributed by atoms with Gasteiger partial charge < -0.3 is 0 Å². The van der Waals surface area contributed by atoms with Gasteiger partial charge in [0, 0.05) is 1.43 Å². The largest absolute Gasteiger partial charge is 0.203 e. The summed E-state index contributed by atoms with van der Waals surface area (Å²) in [5.74, 6) is -0.619. The second-order valence-electron chi connectivity index (χ2n) is 4.95. The maximum absolute atomic E-state index is 13.8. The normalized spacial score (nSPS) is 24.6. The summed E-state index contributed by atoms with van der Waals surface area (Å²) < 4.78 is 27.3. The van der Waals surface area contributed by atoms with Gasteiger partial charge in [-0.25, -0.2) is 8.78 Å². The molecular weight excluding hydrogens is 218 g/mol. The van der Waals surface area contributed by atoms with Crippen LogP contribution in [0.3, 0.4) is 0 Å². The average molecular weight is 238 g/mol. The summed E-state index contributed by atoms with van der Waals surface area (Å²) in [6, 6.07) is 3.42. The van der Waals surface area contributed by atoms with Crippen LogP contribution >= 0.6 is 0 Å². The van der Waals surface area contributed by atoms with Crippen LogP contribution in [0.2, 0.25) is 0 Å². The topological polar surface area (TPSA) is 0 Å². The summed E-state index contributed by atoms with van der Waals surface area (Å²) in [6.07, 6.45) is 5.89. The molecule has 17 heavy (non-hydrogen) atoms. The molecule has 0 spiro atoms. The predicted octanol–water partition coefficient (Wildman–Crippen LogP) is 4.98. The molecule has 1 saturated carbocycles. The number of allylic oxidation sites excluding steroid dienone is 1. The first-order valence-electron chi connectivity index (χ1n) is 6.20. The number of hydrogen-bond donors (Lipinski definition) is 0. The van der Waals surface area contributed by atoms with Gasteiger partial charge in [0.25, 0.3) is 0 Å². The molecule has 0 saturated heterocycles. The van der Waals surface area contributed by atoms with Gasteiger partial charge in [-0.15, -0.1) is 6.58 Å². The van der Waals surface area contributed by atoms with Crippen LogP contribution in [0.1, 0.15) is 44.2 Å². The van der Waals surface area contributed by atoms with Gasteiger partial charge in [0.2, 0.25) is 0 Å². The molecule has 0 unspecified atom stereocenters. The summed E-state index contributed by atoms with van der Waals surface area (Å²) in [5, 5.41) is 0. The van der Waals surface area contributed by atoms with Crippen molar-refractivity contribution in [2.24, 2.45) is 5.92 Å². The lowest BCUT2D eigenvalue weighted by Gasteiger charge is -2.27. The molecule has 0 bridgehead atoms. The standard InChI is InChI=1S/C15H18F2.H2/c1-3-11-5-7-12(8-6-11)13-9-4-10(2)14(16)15(13)17;/h3-4,9,11-12H,1,5-8H2,2H3;1H. The number of aryl methyl sites for hydroxylation is 1. The zero-order valence-electron chi connectivity index (χ0n) is 10.2. The van der Waals surface area contributed by atoms with Crippen LogP contribution in [0, 0.1) is 24.5 Å². The van der Waals surface area contributed by atoms with Gasteiger partial charge in [-0.05, 0) is 55.6 Å². The van der Waals surface area contributed by atoms with Crippen molar-refractivity contribution in [3.05, 3.63) is 47.5 Å². The second-order valence-corrected chi connectivity index (χ2v) is 4.95. The third-order valence-electron chi connectivity index (χ3n) is 3.85. The highest BCUT2D eigenvalue weighted by molar-refractivity contribution is 5.28. The Hall–Kier alpha value is -1.18. The van der Waals surface area contributed by atoms with E-state index in [9.17, 15) is 8.78 Å². The Kier molecular flexibility index (Phi) is 3.60. The fraction of sp³-hybridized carbons (Fsp3) is 0.467. The van der Waals surface area contributed by atoms with E-state index in [1.165, 1.54) is 0 Å². The molecular formula is C15H20F2. The molecule has 0 heterocycles. The van der Waals surface area contributed by atoms with Crippen LogP contribution in [0.4, 0.5) is 8.78 Å². The predicted molar refractivity (Wildman–Crippen MR) is 68.1 cm³/mol. The van der Waals surface area contributed by atoms with Crippen molar-refractivity contribution in [3.8, 4) is 0 Å². The highest BCUT2D eigenvalue weighted by atomic mass is 19.2. The summed E-state index contributed by atoms with van der Waals surface area (Å²) in [6.45, 7) is 5.39. The molecule has 94 valence electrons. The first-order valence-corrected chi connectivity index (χ1v) is 6.20. The smallest absolute Gasteiger partial charge is 0.162 e. The molecule has 1 fully saturated rings. The van der Waals surface area contributed by atoms with E-state index in [0.717, 1.165) is 25.7 Å². The van der Waals surface area contributed by atoms with Crippen molar-refractivity contribution in [1.29, 1.82) is 0 Å². The lowest BCUT2D eigenvalue weighted by atomic mass is 9.78. The maximum atomic E-state index is 13.8. The Bertz CT molecular complexity index is 421. The molecule has 2 heteroatoms. The molecule has 0 nitrogen and oxygen atoms in total. The fourth-order valence-electron chi connectivity index (χ4n) is 2.64. The Labute approximate surface area is 103 Å². The van der Waals surface area contributed by atoms with E-state index in [0.29, 0.717) is 17.0 Å². The third-order valence-corrected chi connectivity index (χ3v) is 3.85. The third kappa shape index (κ3) is 2.41. The molecule has 0 aromatic heterocycles. The van der Waals surface area contributed by atoms with Crippen LogP contribution in [0.15, 0.2) is 24.8 Å². The monoisotopic (exact) mass is 238 g/mol. The van der Waals surface area contributed by atoms with Crippen molar-refractivity contribution in [2.75, 3.05) is 0 Å². The van der Waals surface area contributed by atoms with Crippen LogP contribution in [-0.4, -0.2) is 0 Å². The molecule has 0 N–H and O–H groups in total. The summed E-state index contributed by atoms with van der Waals surface area (Å²) in [4.78, 5) is 0. The molecule has 1 aromatic rings. The first kappa shape index (κ1) is 12.3. The maximum Gasteiger partial charge on any atom is 0.162 e. The van der Waals surface area contributed by atoms with Crippen LogP contribution in [-0.2, 0) is 0 Å². The molecule has 0 amide bonds. The average Bonchev–Trinajstić information content (AvgIpc) is 2.36. The van der Waals surface area contributed by atoms with Crippen molar-refractivity contribution < 1.29 is 10.2 Å². The van der Waals surface area contributed by atoms with Gasteiger partial charge in [0.05, 0.1) is 0 Å². The van der Waals surface area contributed by atoms with Crippen LogP contribution in [0.25, 0.3) is 0 Å². The van der Waals surface area contributed by atoms with E-state index in [4.69, 9.17) is 0 Å². The summed E-state index contributed by atoms with van der Waals surface area (Å²) in [5.41, 5.74) is 0.932. The number of benzene rings is 1. The Morgan fingerprint density at radius 1 is 1.18 bits per heavy atom. The number of rotatable bonds is 2. The van der Waals surface area contributed by atoms with E-state index in [1.807, 2.05) is 6.08 Å². The summed E-state index contributed by atoms with van der Waals surface area (Å²) in [7, 11) is 0. The zero-order chi connectivity index (χ0) is 12.4. The van der Waals surface area contributed by atoms with Gasteiger partial charge in [-0.3, -0.25) is 0 Å². The molecule has 1 aliphatic rings. The first-order chi connectivity index (χ1) is 8.13. The van der Waals surface area contributed by atoms with Gasteiger partial charge in [0.15, 0.2) is 11.6 Å². The highest BCUT2D eigenvalue weighted by Gasteiger charge is 2.24. The minimum atomic E-state index is -0.687. The van der Waals surface area contributed by atoms with Gasteiger partial charge in [-0.1, -0.05) is 18.2 Å². The van der Waals surface area contributed by atoms with Gasteiger partial charge in [-0.2, -0.15) is 0 Å². The van der Waals surface area contributed by atoms with Crippen molar-refractivity contribution >= 4 is 0 Å². The number of halogens is 2. The van der Waals surface area contributed by atoms with Crippen LogP contribution in [0.5, 0.6) is 0 Å². The number of hydrogen-bond acceptors (Lipinski definition) is 0. The Morgan fingerprint density at radius 2 is 1.82 bits per heavy atom. The van der Waals surface area contributed by atoms with Crippen molar-refractivity contribution in [2.45, 2.75) is 38.5 Å². The van der Waals surface area contributed by atoms with Crippen molar-refractivity contribution in [3.63, 3.8) is 0 Å². The van der Waals surface area contributed by atoms with E-state index in [2.05, 4.69) is 6.58 Å². The summed E-state index contributed by atoms with van der Waals surface area (Å²) >= 11 is 0. The molecule has 1 aromatic carbocycles. The SMILES string of the molecule is C=CC1CCC(c2ccc(C)c(F)c2F)CC1.[HH]. The minimum absolute atomic E-state index is 0. The molecule has 0 aliphatic heterocycles. The lowest BCUT2D eigenvalue weighted by Crippen LogP contribution is -2.13. The molecule has 1 aliphatic carbocycles. The second kappa shape index (κ2) is 4.99. The molecule has 0 radical (unpaired) electrons. The highest BCUT2D eigenvalue weighted by Crippen LogP contribution is 2.37. The molecule has 0 atom stereocenters. The van der Waals surface area contributed by atoms with E-state index < -0.39 is 11.6 Å². The van der Waals surface area contributed by atoms with Crippen molar-refractivity contribution in [1.82, 2.24) is 0 Å². The molecule has 2 rings (SSSR count). The van der Waals surface area contributed by atoms with Gasteiger partial charge in [0.1, 0.15) is 0 Å². The van der Waals surface area contributed by atoms with E-state index in [-0.39, 0.29) is 7.34 Å². The minimum Gasteiger partial charge on any atom is -0.203 e. The quantitative estimate of drug-likeness (QED) is 0.637. The van der Waals surface area contributed by atoms with Gasteiger partial charge >= 0.3 is 0 Å². The fourth-order valence-corrected chi connectivity index (χ4v) is 2.64.